The van der Waals surface area contributed by atoms with Gasteiger partial charge in [0.1, 0.15) is 0 Å². The fraction of sp³-hybridized carbons (Fsp3) is 0.286. The van der Waals surface area contributed by atoms with Gasteiger partial charge in [-0.1, -0.05) is 29.8 Å². The van der Waals surface area contributed by atoms with Crippen molar-refractivity contribution < 1.29 is 9.90 Å². The Morgan fingerprint density at radius 3 is 3.05 bits per heavy atom. The molecule has 1 aromatic carbocycles. The first-order valence-electron chi connectivity index (χ1n) is 6.15. The van der Waals surface area contributed by atoms with Crippen LogP contribution in [0.25, 0.3) is 0 Å². The van der Waals surface area contributed by atoms with Crippen LogP contribution in [0.2, 0.25) is 5.02 Å². The quantitative estimate of drug-likeness (QED) is 0.678. The molecule has 0 amide bonds. The van der Waals surface area contributed by atoms with E-state index in [4.69, 9.17) is 11.6 Å². The van der Waals surface area contributed by atoms with Gasteiger partial charge in [0.05, 0.1) is 16.7 Å². The van der Waals surface area contributed by atoms with Gasteiger partial charge in [-0.3, -0.25) is 5.43 Å². The molecule has 98 valence electrons. The van der Waals surface area contributed by atoms with Gasteiger partial charge in [0, 0.05) is 11.6 Å². The highest BCUT2D eigenvalue weighted by atomic mass is 35.5. The number of fused-ring (bicyclic) bond motifs is 1. The van der Waals surface area contributed by atoms with Gasteiger partial charge in [-0.05, 0) is 36.5 Å². The molecule has 0 unspecified atom stereocenters. The van der Waals surface area contributed by atoms with Gasteiger partial charge in [0.2, 0.25) is 0 Å². The van der Waals surface area contributed by atoms with Gasteiger partial charge in [-0.25, -0.2) is 0 Å². The van der Waals surface area contributed by atoms with Crippen molar-refractivity contribution in [3.05, 3.63) is 40.9 Å². The summed E-state index contributed by atoms with van der Waals surface area (Å²) in [5.74, 6) is -0.0859. The summed E-state index contributed by atoms with van der Waals surface area (Å²) >= 11 is 6.00. The number of nitrogens with zero attached hydrogens (tertiary/aromatic N) is 1. The van der Waals surface area contributed by atoms with Crippen LogP contribution in [0, 0.1) is 11.8 Å². The number of anilines is 1. The third-order valence-corrected chi connectivity index (χ3v) is 4.01. The molecule has 5 heteroatoms. The zero-order valence-corrected chi connectivity index (χ0v) is 10.9. The summed E-state index contributed by atoms with van der Waals surface area (Å²) in [6, 6.07) is 4.37. The molecule has 0 aliphatic heterocycles. The van der Waals surface area contributed by atoms with Crippen molar-refractivity contribution in [3.63, 3.8) is 0 Å². The number of carboxylic acids is 1. The third-order valence-electron chi connectivity index (χ3n) is 3.68. The number of allylic oxidation sites excluding steroid dienone is 2. The number of carbonyl (C=O) groups is 1. The van der Waals surface area contributed by atoms with Gasteiger partial charge in [-0.2, -0.15) is 5.10 Å². The van der Waals surface area contributed by atoms with Crippen molar-refractivity contribution in [1.82, 2.24) is 0 Å². The lowest BCUT2D eigenvalue weighted by Gasteiger charge is -2.32. The predicted octanol–water partition coefficient (Wildman–Crippen LogP) is 2.07. The molecule has 0 aromatic heterocycles. The van der Waals surface area contributed by atoms with E-state index in [1.54, 1.807) is 0 Å². The number of rotatable bonds is 3. The maximum atomic E-state index is 10.8. The summed E-state index contributed by atoms with van der Waals surface area (Å²) in [5, 5.41) is 15.6. The maximum absolute atomic E-state index is 10.8. The zero-order valence-electron chi connectivity index (χ0n) is 10.1. The van der Waals surface area contributed by atoms with E-state index in [1.807, 2.05) is 0 Å². The maximum Gasteiger partial charge on any atom is 0.0754 e. The lowest BCUT2D eigenvalue weighted by atomic mass is 9.74. The standard InChI is InChI=1S/C14H13ClN2O2/c15-11-5-4-9(14(18)19)7-13(11)17-16-12-6-8-2-1-3-10(8)12/h1-2,4-5,7-8,10,17H,3,6H2,(H,18,19)/p-1/b16-12-/t8-,10-/m0/s1. The zero-order chi connectivity index (χ0) is 13.4. The van der Waals surface area contributed by atoms with Crippen molar-refractivity contribution in [1.29, 1.82) is 0 Å². The van der Waals surface area contributed by atoms with E-state index < -0.39 is 5.97 Å². The van der Waals surface area contributed by atoms with Crippen LogP contribution in [-0.4, -0.2) is 11.7 Å². The number of benzene rings is 1. The Balaban J connectivity index is 1.75. The Hall–Kier alpha value is -1.81. The molecule has 0 heterocycles. The molecule has 0 bridgehead atoms. The average Bonchev–Trinajstić information content (AvgIpc) is 2.73. The number of carbonyl (C=O) groups excluding carboxylic acids is 1. The minimum Gasteiger partial charge on any atom is -0.545 e. The van der Waals surface area contributed by atoms with Crippen LogP contribution in [0.3, 0.4) is 0 Å². The Labute approximate surface area is 115 Å². The molecule has 19 heavy (non-hydrogen) atoms. The highest BCUT2D eigenvalue weighted by Gasteiger charge is 2.37. The Bertz CT molecular complexity index is 595. The summed E-state index contributed by atoms with van der Waals surface area (Å²) in [6.45, 7) is 0. The third kappa shape index (κ3) is 2.24. The Kier molecular flexibility index (Phi) is 3.03. The number of nitrogens with one attached hydrogen (secondary N) is 1. The second-order valence-corrected chi connectivity index (χ2v) is 5.24. The summed E-state index contributed by atoms with van der Waals surface area (Å²) < 4.78 is 0. The number of carboxylic acid groups (broad SMARTS) is 1. The van der Waals surface area contributed by atoms with E-state index in [-0.39, 0.29) is 5.56 Å². The number of aromatic carboxylic acids is 1. The molecule has 2 aliphatic carbocycles. The topological polar surface area (TPSA) is 64.5 Å². The average molecular weight is 276 g/mol. The van der Waals surface area contributed by atoms with E-state index in [0.717, 1.165) is 18.6 Å². The Morgan fingerprint density at radius 2 is 2.32 bits per heavy atom. The molecular weight excluding hydrogens is 264 g/mol. The largest absolute Gasteiger partial charge is 0.545 e. The van der Waals surface area contributed by atoms with Crippen molar-refractivity contribution in [2.45, 2.75) is 12.8 Å². The van der Waals surface area contributed by atoms with Crippen molar-refractivity contribution in [3.8, 4) is 0 Å². The predicted molar refractivity (Wildman–Crippen MR) is 72.2 cm³/mol. The van der Waals surface area contributed by atoms with Crippen molar-refractivity contribution in [2.75, 3.05) is 5.43 Å². The van der Waals surface area contributed by atoms with E-state index in [2.05, 4.69) is 22.7 Å². The lowest BCUT2D eigenvalue weighted by Crippen LogP contribution is -2.33. The molecule has 1 aromatic rings. The minimum atomic E-state index is -1.23. The second-order valence-electron chi connectivity index (χ2n) is 4.84. The van der Waals surface area contributed by atoms with Crippen molar-refractivity contribution in [2.24, 2.45) is 16.9 Å². The molecule has 1 saturated carbocycles. The summed E-state index contributed by atoms with van der Waals surface area (Å²) in [4.78, 5) is 10.8. The summed E-state index contributed by atoms with van der Waals surface area (Å²) in [5.41, 5.74) is 4.55. The molecule has 1 N–H and O–H groups in total. The fourth-order valence-corrected chi connectivity index (χ4v) is 2.69. The van der Waals surface area contributed by atoms with E-state index >= 15 is 0 Å². The van der Waals surface area contributed by atoms with Crippen LogP contribution in [0.15, 0.2) is 35.5 Å². The summed E-state index contributed by atoms with van der Waals surface area (Å²) in [7, 11) is 0. The Morgan fingerprint density at radius 1 is 1.47 bits per heavy atom. The van der Waals surface area contributed by atoms with Crippen LogP contribution >= 0.6 is 11.6 Å². The first kappa shape index (κ1) is 12.2. The van der Waals surface area contributed by atoms with Gasteiger partial charge >= 0.3 is 0 Å². The van der Waals surface area contributed by atoms with E-state index in [0.29, 0.717) is 22.5 Å². The number of hydrogen-bond acceptors (Lipinski definition) is 4. The SMILES string of the molecule is O=C([O-])c1ccc(Cl)c(N/N=C2/C[C@@H]3C=CC[C@H]23)c1. The van der Waals surface area contributed by atoms with Crippen LogP contribution in [-0.2, 0) is 0 Å². The van der Waals surface area contributed by atoms with Crippen LogP contribution in [0.4, 0.5) is 5.69 Å². The lowest BCUT2D eigenvalue weighted by molar-refractivity contribution is -0.255. The summed E-state index contributed by atoms with van der Waals surface area (Å²) in [6.07, 6.45) is 6.42. The number of hydrogen-bond donors (Lipinski definition) is 1. The van der Waals surface area contributed by atoms with E-state index in [1.165, 1.54) is 18.2 Å². The van der Waals surface area contributed by atoms with Gasteiger partial charge in [0.25, 0.3) is 0 Å². The molecule has 0 saturated heterocycles. The molecule has 1 fully saturated rings. The van der Waals surface area contributed by atoms with Crippen molar-refractivity contribution >= 4 is 29.0 Å². The minimum absolute atomic E-state index is 0.0844. The molecule has 2 aliphatic rings. The first-order chi connectivity index (χ1) is 9.15. The van der Waals surface area contributed by atoms with Gasteiger partial charge in [-0.15, -0.1) is 0 Å². The first-order valence-corrected chi connectivity index (χ1v) is 6.53. The molecule has 4 nitrogen and oxygen atoms in total. The van der Waals surface area contributed by atoms with Gasteiger partial charge < -0.3 is 9.90 Å². The van der Waals surface area contributed by atoms with Crippen LogP contribution < -0.4 is 10.5 Å². The second kappa shape index (κ2) is 4.70. The highest BCUT2D eigenvalue weighted by molar-refractivity contribution is 6.33. The molecule has 0 radical (unpaired) electrons. The highest BCUT2D eigenvalue weighted by Crippen LogP contribution is 2.40. The molecular formula is C14H12ClN2O2-. The van der Waals surface area contributed by atoms with Crippen LogP contribution in [0.5, 0.6) is 0 Å². The number of halogens is 1. The molecule has 0 spiro atoms. The number of hydrazone groups is 1. The monoisotopic (exact) mass is 275 g/mol. The van der Waals surface area contributed by atoms with Crippen LogP contribution in [0.1, 0.15) is 23.2 Å². The molecule has 2 atom stereocenters. The van der Waals surface area contributed by atoms with E-state index in [9.17, 15) is 9.90 Å². The normalized spacial score (nSPS) is 26.1. The smallest absolute Gasteiger partial charge is 0.0754 e. The molecule has 3 rings (SSSR count). The fourth-order valence-electron chi connectivity index (χ4n) is 2.53. The van der Waals surface area contributed by atoms with Gasteiger partial charge in [0.15, 0.2) is 0 Å².